The summed E-state index contributed by atoms with van der Waals surface area (Å²) in [5.74, 6) is 0.361. The summed E-state index contributed by atoms with van der Waals surface area (Å²) in [6.07, 6.45) is 6.25. The number of primary amides is 1. The van der Waals surface area contributed by atoms with E-state index >= 15 is 0 Å². The Balaban J connectivity index is 2.01. The first kappa shape index (κ1) is 15.3. The van der Waals surface area contributed by atoms with Crippen LogP contribution in [0.4, 0.5) is 0 Å². The van der Waals surface area contributed by atoms with Crippen LogP contribution in [0.5, 0.6) is 0 Å². The lowest BCUT2D eigenvalue weighted by Gasteiger charge is -2.13. The third kappa shape index (κ3) is 2.39. The zero-order valence-electron chi connectivity index (χ0n) is 14.1. The predicted octanol–water partition coefficient (Wildman–Crippen LogP) is 4.45. The molecule has 1 radical (unpaired) electrons. The van der Waals surface area contributed by atoms with Crippen molar-refractivity contribution in [2.75, 3.05) is 0 Å². The first-order valence-corrected chi connectivity index (χ1v) is 8.94. The molecule has 3 nitrogen and oxygen atoms in total. The molecular formula is C21H23N2O. The zero-order valence-corrected chi connectivity index (χ0v) is 14.1. The van der Waals surface area contributed by atoms with E-state index in [1.54, 1.807) is 0 Å². The second-order valence-electron chi connectivity index (χ2n) is 6.95. The molecule has 1 aliphatic carbocycles. The molecule has 1 saturated carbocycles. The Morgan fingerprint density at radius 1 is 1.29 bits per heavy atom. The van der Waals surface area contributed by atoms with E-state index in [1.165, 1.54) is 36.8 Å². The van der Waals surface area contributed by atoms with Crippen molar-refractivity contribution in [2.24, 2.45) is 11.7 Å². The van der Waals surface area contributed by atoms with Gasteiger partial charge in [0.05, 0.1) is 5.52 Å². The molecule has 123 valence electrons. The molecule has 3 aromatic rings. The molecule has 1 amide bonds. The van der Waals surface area contributed by atoms with E-state index in [4.69, 9.17) is 5.73 Å². The maximum Gasteiger partial charge on any atom is 0.249 e. The fourth-order valence-corrected chi connectivity index (χ4v) is 4.16. The third-order valence-corrected chi connectivity index (χ3v) is 5.44. The van der Waals surface area contributed by atoms with Crippen molar-refractivity contribution in [3.63, 3.8) is 0 Å². The summed E-state index contributed by atoms with van der Waals surface area (Å²) in [6, 6.07) is 13.6. The van der Waals surface area contributed by atoms with Gasteiger partial charge < -0.3 is 10.3 Å². The van der Waals surface area contributed by atoms with Gasteiger partial charge in [0.1, 0.15) is 0 Å². The van der Waals surface area contributed by atoms with Gasteiger partial charge >= 0.3 is 0 Å². The molecule has 24 heavy (non-hydrogen) atoms. The first-order chi connectivity index (χ1) is 11.7. The van der Waals surface area contributed by atoms with Gasteiger partial charge in [-0.3, -0.25) is 4.79 Å². The van der Waals surface area contributed by atoms with E-state index in [0.717, 1.165) is 35.2 Å². The van der Waals surface area contributed by atoms with Gasteiger partial charge in [-0.2, -0.15) is 0 Å². The van der Waals surface area contributed by atoms with Crippen LogP contribution in [0.3, 0.4) is 0 Å². The summed E-state index contributed by atoms with van der Waals surface area (Å²) in [7, 11) is 0. The van der Waals surface area contributed by atoms with Crippen molar-refractivity contribution in [3.8, 4) is 0 Å². The molecule has 1 heterocycles. The minimum atomic E-state index is -0.367. The molecule has 1 aliphatic rings. The molecule has 4 rings (SSSR count). The standard InChI is InChI=1S/C21H23N2O/c1-2-14-10-11-16-19(12-14)23(13-15-6-3-4-7-15)18-9-5-8-17(20(16)18)21(22)24/h5,8-10,12,15H,2-4,6-7,13H2,1H3,(H2,22,24). The highest BCUT2D eigenvalue weighted by Crippen LogP contribution is 2.35. The smallest absolute Gasteiger partial charge is 0.249 e. The lowest BCUT2D eigenvalue weighted by atomic mass is 10.0. The average molecular weight is 319 g/mol. The van der Waals surface area contributed by atoms with Gasteiger partial charge in [-0.1, -0.05) is 31.9 Å². The van der Waals surface area contributed by atoms with Crippen LogP contribution < -0.4 is 5.73 Å². The molecule has 0 saturated heterocycles. The Morgan fingerprint density at radius 3 is 2.79 bits per heavy atom. The van der Waals surface area contributed by atoms with Crippen LogP contribution in [0.2, 0.25) is 0 Å². The molecule has 3 heteroatoms. The largest absolute Gasteiger partial charge is 0.366 e. The monoisotopic (exact) mass is 319 g/mol. The van der Waals surface area contributed by atoms with Crippen LogP contribution in [-0.4, -0.2) is 10.5 Å². The van der Waals surface area contributed by atoms with E-state index in [9.17, 15) is 4.79 Å². The Bertz CT molecular complexity index is 916. The second-order valence-corrected chi connectivity index (χ2v) is 6.95. The molecule has 0 bridgehead atoms. The van der Waals surface area contributed by atoms with Crippen molar-refractivity contribution in [3.05, 3.63) is 47.5 Å². The Kier molecular flexibility index (Phi) is 3.79. The summed E-state index contributed by atoms with van der Waals surface area (Å²) in [5, 5.41) is 1.98. The SMILES string of the molecule is CCc1c[c]c2c3c(C(N)=O)cccc3n(CC3CCCC3)c2c1. The Hall–Kier alpha value is -2.29. The van der Waals surface area contributed by atoms with Crippen molar-refractivity contribution in [2.45, 2.75) is 45.6 Å². The maximum atomic E-state index is 11.9. The molecule has 0 atom stereocenters. The fraction of sp³-hybridized carbons (Fsp3) is 0.381. The number of rotatable bonds is 4. The normalized spacial score (nSPS) is 15.5. The van der Waals surface area contributed by atoms with Crippen molar-refractivity contribution in [1.82, 2.24) is 4.57 Å². The number of aromatic nitrogens is 1. The van der Waals surface area contributed by atoms with Crippen LogP contribution in [-0.2, 0) is 13.0 Å². The third-order valence-electron chi connectivity index (χ3n) is 5.44. The molecule has 2 aromatic carbocycles. The highest BCUT2D eigenvalue weighted by molar-refractivity contribution is 6.17. The van der Waals surface area contributed by atoms with Crippen LogP contribution in [0.25, 0.3) is 21.8 Å². The number of aryl methyl sites for hydroxylation is 1. The lowest BCUT2D eigenvalue weighted by molar-refractivity contribution is 0.100. The Labute approximate surface area is 142 Å². The van der Waals surface area contributed by atoms with Crippen molar-refractivity contribution in [1.29, 1.82) is 0 Å². The summed E-state index contributed by atoms with van der Waals surface area (Å²) < 4.78 is 2.39. The number of nitrogens with zero attached hydrogens (tertiary/aromatic N) is 1. The van der Waals surface area contributed by atoms with E-state index in [0.29, 0.717) is 5.56 Å². The topological polar surface area (TPSA) is 48.0 Å². The number of benzene rings is 2. The van der Waals surface area contributed by atoms with Crippen LogP contribution >= 0.6 is 0 Å². The van der Waals surface area contributed by atoms with Gasteiger partial charge in [-0.25, -0.2) is 0 Å². The minimum absolute atomic E-state index is 0.367. The maximum absolute atomic E-state index is 11.9. The summed E-state index contributed by atoms with van der Waals surface area (Å²) in [4.78, 5) is 11.9. The van der Waals surface area contributed by atoms with Gasteiger partial charge in [0.2, 0.25) is 5.91 Å². The molecule has 0 spiro atoms. The first-order valence-electron chi connectivity index (χ1n) is 8.94. The molecule has 1 aromatic heterocycles. The van der Waals surface area contributed by atoms with Crippen molar-refractivity contribution < 1.29 is 4.79 Å². The molecule has 0 unspecified atom stereocenters. The predicted molar refractivity (Wildman–Crippen MR) is 98.1 cm³/mol. The van der Waals surface area contributed by atoms with E-state index in [2.05, 4.69) is 29.7 Å². The van der Waals surface area contributed by atoms with E-state index < -0.39 is 0 Å². The van der Waals surface area contributed by atoms with E-state index in [1.807, 2.05) is 18.2 Å². The number of nitrogens with two attached hydrogens (primary N) is 1. The quantitative estimate of drug-likeness (QED) is 0.759. The van der Waals surface area contributed by atoms with Gasteiger partial charge in [0, 0.05) is 28.4 Å². The van der Waals surface area contributed by atoms with Crippen LogP contribution in [0.1, 0.15) is 48.5 Å². The number of hydrogen-bond acceptors (Lipinski definition) is 1. The summed E-state index contributed by atoms with van der Waals surface area (Å²) in [6.45, 7) is 3.18. The number of carbonyl (C=O) groups excluding carboxylic acids is 1. The van der Waals surface area contributed by atoms with Crippen LogP contribution in [0.15, 0.2) is 30.3 Å². The molecule has 1 fully saturated rings. The van der Waals surface area contributed by atoms with Crippen molar-refractivity contribution >= 4 is 27.7 Å². The van der Waals surface area contributed by atoms with Gasteiger partial charge in [-0.15, -0.1) is 0 Å². The molecular weight excluding hydrogens is 296 g/mol. The highest BCUT2D eigenvalue weighted by atomic mass is 16.1. The highest BCUT2D eigenvalue weighted by Gasteiger charge is 2.21. The number of fused-ring (bicyclic) bond motifs is 3. The minimum Gasteiger partial charge on any atom is -0.366 e. The molecule has 2 N–H and O–H groups in total. The van der Waals surface area contributed by atoms with Gasteiger partial charge in [0.15, 0.2) is 0 Å². The number of amides is 1. The molecule has 0 aliphatic heterocycles. The van der Waals surface area contributed by atoms with E-state index in [-0.39, 0.29) is 5.91 Å². The number of hydrogen-bond donors (Lipinski definition) is 1. The number of carbonyl (C=O) groups is 1. The average Bonchev–Trinajstić information content (AvgIpc) is 3.21. The second kappa shape index (κ2) is 5.97. The Morgan fingerprint density at radius 2 is 2.08 bits per heavy atom. The fourth-order valence-electron chi connectivity index (χ4n) is 4.16. The van der Waals surface area contributed by atoms with Gasteiger partial charge in [0.25, 0.3) is 0 Å². The summed E-state index contributed by atoms with van der Waals surface area (Å²) >= 11 is 0. The van der Waals surface area contributed by atoms with Gasteiger partial charge in [-0.05, 0) is 55.0 Å². The summed E-state index contributed by atoms with van der Waals surface area (Å²) in [5.41, 5.74) is 9.81. The lowest BCUT2D eigenvalue weighted by Crippen LogP contribution is -2.11. The zero-order chi connectivity index (χ0) is 16.7. The van der Waals surface area contributed by atoms with Crippen LogP contribution in [0, 0.1) is 12.0 Å².